The van der Waals surface area contributed by atoms with Gasteiger partial charge in [0.2, 0.25) is 0 Å². The minimum Gasteiger partial charge on any atom is -0.458 e. The second kappa shape index (κ2) is 11.1. The number of hydrogen-bond acceptors (Lipinski definition) is 5. The maximum atomic E-state index is 13.3. The van der Waals surface area contributed by atoms with Crippen LogP contribution in [0.1, 0.15) is 30.9 Å². The SMILES string of the molecule is C=CCOC(=O)C1=C(C)N(Cc2ccccc2)C(C)=C(C(=O)OCC=C)C1c1ccccc1. The van der Waals surface area contributed by atoms with Crippen LogP contribution in [0.5, 0.6) is 0 Å². The molecule has 1 aliphatic rings. The molecule has 0 aromatic heterocycles. The molecule has 0 unspecified atom stereocenters. The van der Waals surface area contributed by atoms with Crippen molar-refractivity contribution in [3.63, 3.8) is 0 Å². The molecule has 0 saturated carbocycles. The molecule has 0 fully saturated rings. The Morgan fingerprint density at radius 2 is 1.27 bits per heavy atom. The summed E-state index contributed by atoms with van der Waals surface area (Å²) >= 11 is 0. The lowest BCUT2D eigenvalue weighted by Crippen LogP contribution is -2.35. The molecule has 0 atom stereocenters. The molecule has 5 nitrogen and oxygen atoms in total. The van der Waals surface area contributed by atoms with E-state index in [0.717, 1.165) is 22.5 Å². The maximum Gasteiger partial charge on any atom is 0.337 e. The molecule has 1 aliphatic heterocycles. The first-order valence-corrected chi connectivity index (χ1v) is 10.8. The van der Waals surface area contributed by atoms with Crippen molar-refractivity contribution in [2.24, 2.45) is 0 Å². The number of carbonyl (C=O) groups excluding carboxylic acids is 2. The lowest BCUT2D eigenvalue weighted by Gasteiger charge is -2.38. The zero-order chi connectivity index (χ0) is 23.8. The first-order valence-electron chi connectivity index (χ1n) is 10.8. The average molecular weight is 444 g/mol. The zero-order valence-electron chi connectivity index (χ0n) is 19.1. The summed E-state index contributed by atoms with van der Waals surface area (Å²) in [7, 11) is 0. The number of carbonyl (C=O) groups is 2. The van der Waals surface area contributed by atoms with E-state index in [2.05, 4.69) is 13.2 Å². The van der Waals surface area contributed by atoms with Gasteiger partial charge >= 0.3 is 11.9 Å². The number of nitrogens with zero attached hydrogens (tertiary/aromatic N) is 1. The van der Waals surface area contributed by atoms with Gasteiger partial charge in [0.25, 0.3) is 0 Å². The van der Waals surface area contributed by atoms with Crippen LogP contribution < -0.4 is 0 Å². The molecule has 1 heterocycles. The van der Waals surface area contributed by atoms with Gasteiger partial charge in [0.15, 0.2) is 0 Å². The maximum absolute atomic E-state index is 13.3. The van der Waals surface area contributed by atoms with E-state index in [0.29, 0.717) is 17.7 Å². The molecule has 0 bridgehead atoms. The quantitative estimate of drug-likeness (QED) is 0.389. The molecule has 0 amide bonds. The van der Waals surface area contributed by atoms with E-state index in [1.807, 2.05) is 79.4 Å². The number of benzene rings is 2. The lowest BCUT2D eigenvalue weighted by molar-refractivity contribution is -0.139. The molecule has 3 rings (SSSR count). The van der Waals surface area contributed by atoms with Gasteiger partial charge in [0.1, 0.15) is 13.2 Å². The Morgan fingerprint density at radius 1 is 0.818 bits per heavy atom. The molecule has 5 heteroatoms. The van der Waals surface area contributed by atoms with Crippen LogP contribution in [0.3, 0.4) is 0 Å². The van der Waals surface area contributed by atoms with E-state index in [-0.39, 0.29) is 13.2 Å². The van der Waals surface area contributed by atoms with Crippen LogP contribution >= 0.6 is 0 Å². The van der Waals surface area contributed by atoms with E-state index in [9.17, 15) is 9.59 Å². The molecule has 0 radical (unpaired) electrons. The first kappa shape index (κ1) is 23.8. The fourth-order valence-corrected chi connectivity index (χ4v) is 4.04. The highest BCUT2D eigenvalue weighted by Gasteiger charge is 2.40. The van der Waals surface area contributed by atoms with Crippen molar-refractivity contribution < 1.29 is 19.1 Å². The van der Waals surface area contributed by atoms with E-state index in [1.165, 1.54) is 12.2 Å². The van der Waals surface area contributed by atoms with Gasteiger partial charge in [-0.1, -0.05) is 86.0 Å². The molecule has 0 saturated heterocycles. The molecule has 0 N–H and O–H groups in total. The normalized spacial score (nSPS) is 14.2. The van der Waals surface area contributed by atoms with Crippen molar-refractivity contribution >= 4 is 11.9 Å². The lowest BCUT2D eigenvalue weighted by atomic mass is 9.79. The monoisotopic (exact) mass is 443 g/mol. The Hall–Kier alpha value is -3.86. The van der Waals surface area contributed by atoms with Crippen molar-refractivity contribution in [1.29, 1.82) is 0 Å². The van der Waals surface area contributed by atoms with Crippen LogP contribution in [0.2, 0.25) is 0 Å². The number of rotatable bonds is 9. The summed E-state index contributed by atoms with van der Waals surface area (Å²) in [6.07, 6.45) is 3.05. The minimum absolute atomic E-state index is 0.0781. The Labute approximate surface area is 195 Å². The highest BCUT2D eigenvalue weighted by Crippen LogP contribution is 2.43. The topological polar surface area (TPSA) is 55.8 Å². The van der Waals surface area contributed by atoms with Gasteiger partial charge in [-0.05, 0) is 25.0 Å². The summed E-state index contributed by atoms with van der Waals surface area (Å²) in [6.45, 7) is 11.7. The fourth-order valence-electron chi connectivity index (χ4n) is 4.04. The predicted molar refractivity (Wildman–Crippen MR) is 129 cm³/mol. The van der Waals surface area contributed by atoms with Gasteiger partial charge in [-0.25, -0.2) is 9.59 Å². The van der Waals surface area contributed by atoms with E-state index in [1.54, 1.807) is 0 Å². The highest BCUT2D eigenvalue weighted by molar-refractivity contribution is 6.00. The second-order valence-electron chi connectivity index (χ2n) is 7.69. The summed E-state index contributed by atoms with van der Waals surface area (Å²) in [5.41, 5.74) is 4.16. The molecular weight excluding hydrogens is 414 g/mol. The van der Waals surface area contributed by atoms with Crippen molar-refractivity contribution in [1.82, 2.24) is 4.90 Å². The average Bonchev–Trinajstić information content (AvgIpc) is 2.84. The zero-order valence-corrected chi connectivity index (χ0v) is 19.1. The van der Waals surface area contributed by atoms with Crippen LogP contribution in [0, 0.1) is 0 Å². The van der Waals surface area contributed by atoms with Crippen LogP contribution in [-0.2, 0) is 25.6 Å². The van der Waals surface area contributed by atoms with Crippen LogP contribution in [0.15, 0.2) is 109 Å². The number of ether oxygens (including phenoxy) is 2. The third kappa shape index (κ3) is 5.32. The van der Waals surface area contributed by atoms with Crippen molar-refractivity contribution in [3.05, 3.63) is 120 Å². The highest BCUT2D eigenvalue weighted by atomic mass is 16.5. The molecule has 2 aromatic rings. The van der Waals surface area contributed by atoms with Crippen molar-refractivity contribution in [3.8, 4) is 0 Å². The Kier molecular flexibility index (Phi) is 8.03. The largest absolute Gasteiger partial charge is 0.458 e. The molecule has 2 aromatic carbocycles. The molecule has 170 valence electrons. The standard InChI is InChI=1S/C28H29NO4/c1-5-17-32-27(30)24-20(3)29(19-22-13-9-7-10-14-22)21(4)25(28(31)33-18-6-2)26(24)23-15-11-8-12-16-23/h5-16,26H,1-2,17-19H2,3-4H3. The summed E-state index contributed by atoms with van der Waals surface area (Å²) in [5, 5.41) is 0. The van der Waals surface area contributed by atoms with Gasteiger partial charge in [-0.2, -0.15) is 0 Å². The number of esters is 2. The van der Waals surface area contributed by atoms with Gasteiger partial charge in [-0.3, -0.25) is 0 Å². The Bertz CT molecular complexity index is 1040. The van der Waals surface area contributed by atoms with Crippen LogP contribution in [0.25, 0.3) is 0 Å². The van der Waals surface area contributed by atoms with E-state index >= 15 is 0 Å². The predicted octanol–water partition coefficient (Wildman–Crippen LogP) is 5.29. The number of hydrogen-bond donors (Lipinski definition) is 0. The van der Waals surface area contributed by atoms with Gasteiger partial charge in [0, 0.05) is 17.9 Å². The molecule has 0 spiro atoms. The van der Waals surface area contributed by atoms with Crippen LogP contribution in [0.4, 0.5) is 0 Å². The van der Waals surface area contributed by atoms with Gasteiger partial charge in [-0.15, -0.1) is 0 Å². The van der Waals surface area contributed by atoms with Crippen LogP contribution in [-0.4, -0.2) is 30.1 Å². The summed E-state index contributed by atoms with van der Waals surface area (Å²) < 4.78 is 10.9. The molecule has 0 aliphatic carbocycles. The van der Waals surface area contributed by atoms with Crippen molar-refractivity contribution in [2.75, 3.05) is 13.2 Å². The Morgan fingerprint density at radius 3 is 1.73 bits per heavy atom. The van der Waals surface area contributed by atoms with Gasteiger partial charge < -0.3 is 14.4 Å². The fraction of sp³-hybridized carbons (Fsp3) is 0.214. The molecular formula is C28H29NO4. The van der Waals surface area contributed by atoms with Gasteiger partial charge in [0.05, 0.1) is 17.1 Å². The third-order valence-electron chi connectivity index (χ3n) is 5.59. The minimum atomic E-state index is -0.618. The van der Waals surface area contributed by atoms with E-state index < -0.39 is 17.9 Å². The summed E-state index contributed by atoms with van der Waals surface area (Å²) in [6, 6.07) is 19.4. The summed E-state index contributed by atoms with van der Waals surface area (Å²) in [5.74, 6) is -1.59. The van der Waals surface area contributed by atoms with E-state index in [4.69, 9.17) is 9.47 Å². The molecule has 33 heavy (non-hydrogen) atoms. The third-order valence-corrected chi connectivity index (χ3v) is 5.59. The summed E-state index contributed by atoms with van der Waals surface area (Å²) in [4.78, 5) is 28.6. The second-order valence-corrected chi connectivity index (χ2v) is 7.69. The smallest absolute Gasteiger partial charge is 0.337 e. The Balaban J connectivity index is 2.20. The number of allylic oxidation sites excluding steroid dienone is 2. The first-order chi connectivity index (χ1) is 16.0. The van der Waals surface area contributed by atoms with Crippen molar-refractivity contribution in [2.45, 2.75) is 26.3 Å².